The molecule has 0 aliphatic heterocycles. The van der Waals surface area contributed by atoms with Crippen molar-refractivity contribution in [3.63, 3.8) is 0 Å². The Morgan fingerprint density at radius 1 is 1.35 bits per heavy atom. The van der Waals surface area contributed by atoms with E-state index < -0.39 is 23.3 Å². The first-order valence-electron chi connectivity index (χ1n) is 6.51. The van der Waals surface area contributed by atoms with Gasteiger partial charge in [0, 0.05) is 11.6 Å². The lowest BCUT2D eigenvalue weighted by Crippen LogP contribution is -2.47. The molecule has 1 heterocycles. The third-order valence-electron chi connectivity index (χ3n) is 3.49. The summed E-state index contributed by atoms with van der Waals surface area (Å²) in [5, 5.41) is 14.8. The van der Waals surface area contributed by atoms with Gasteiger partial charge in [0.25, 0.3) is 0 Å². The molecule has 1 aromatic heterocycles. The van der Waals surface area contributed by atoms with Crippen molar-refractivity contribution in [2.75, 3.05) is 0 Å². The van der Waals surface area contributed by atoms with Crippen LogP contribution in [0.25, 0.3) is 0 Å². The van der Waals surface area contributed by atoms with E-state index in [0.29, 0.717) is 12.8 Å². The maximum Gasteiger partial charge on any atom is 0.307 e. The van der Waals surface area contributed by atoms with Crippen LogP contribution in [-0.4, -0.2) is 22.0 Å². The molecule has 0 spiro atoms. The number of carboxylic acid groups (broad SMARTS) is 1. The van der Waals surface area contributed by atoms with Gasteiger partial charge in [0.1, 0.15) is 5.01 Å². The monoisotopic (exact) mass is 294 g/mol. The maximum atomic E-state index is 12.4. The molecule has 1 aliphatic rings. The van der Waals surface area contributed by atoms with Gasteiger partial charge in [-0.15, -0.1) is 11.3 Å². The van der Waals surface area contributed by atoms with Gasteiger partial charge in [-0.25, -0.2) is 4.98 Å². The van der Waals surface area contributed by atoms with Crippen molar-refractivity contribution in [2.24, 2.45) is 11.8 Å². The zero-order chi connectivity index (χ0) is 14.8. The lowest BCUT2D eigenvalue weighted by atomic mass is 9.82. The number of nitrogens with one attached hydrogen (secondary N) is 1. The highest BCUT2D eigenvalue weighted by Crippen LogP contribution is 2.28. The number of aromatic nitrogens is 1. The number of hydrogen-bond donors (Lipinski definition) is 2. The van der Waals surface area contributed by atoms with E-state index in [-0.39, 0.29) is 5.91 Å². The van der Waals surface area contributed by atoms with Crippen molar-refractivity contribution < 1.29 is 14.7 Å². The van der Waals surface area contributed by atoms with Gasteiger partial charge >= 0.3 is 5.97 Å². The van der Waals surface area contributed by atoms with Crippen molar-refractivity contribution in [3.8, 4) is 0 Å². The van der Waals surface area contributed by atoms with Gasteiger partial charge in [0.05, 0.1) is 17.4 Å². The Morgan fingerprint density at radius 2 is 2.00 bits per heavy atom. The molecule has 2 N–H and O–H groups in total. The molecule has 108 valence electrons. The first-order valence-corrected chi connectivity index (χ1v) is 7.39. The number of thiazole rings is 1. The minimum absolute atomic E-state index is 0.220. The van der Waals surface area contributed by atoms with Crippen molar-refractivity contribution in [1.29, 1.82) is 0 Å². The highest BCUT2D eigenvalue weighted by atomic mass is 32.1. The summed E-state index contributed by atoms with van der Waals surface area (Å²) in [4.78, 5) is 27.8. The minimum Gasteiger partial charge on any atom is -0.481 e. The summed E-state index contributed by atoms with van der Waals surface area (Å²) in [6, 6.07) is 0. The van der Waals surface area contributed by atoms with Gasteiger partial charge in [-0.05, 0) is 26.7 Å². The van der Waals surface area contributed by atoms with Crippen molar-refractivity contribution in [2.45, 2.75) is 32.2 Å². The molecule has 5 nitrogen and oxygen atoms in total. The average Bonchev–Trinajstić information content (AvgIpc) is 2.92. The van der Waals surface area contributed by atoms with Crippen molar-refractivity contribution >= 4 is 23.2 Å². The van der Waals surface area contributed by atoms with Crippen molar-refractivity contribution in [3.05, 3.63) is 28.7 Å². The zero-order valence-corrected chi connectivity index (χ0v) is 12.3. The van der Waals surface area contributed by atoms with E-state index in [2.05, 4.69) is 10.3 Å². The van der Waals surface area contributed by atoms with Crippen LogP contribution >= 0.6 is 11.3 Å². The standard InChI is InChI=1S/C14H18N2O3S/c1-14(2,13-15-7-8-20-13)16-11(17)9-5-3-4-6-10(9)12(18)19/h3-4,7-10H,5-6H2,1-2H3,(H,16,17)(H,18,19)/t9-,10+/m1/s1. The number of aliphatic carboxylic acids is 1. The highest BCUT2D eigenvalue weighted by Gasteiger charge is 2.36. The predicted octanol–water partition coefficient (Wildman–Crippen LogP) is 2.16. The normalized spacial score (nSPS) is 22.5. The maximum absolute atomic E-state index is 12.4. The fourth-order valence-corrected chi connectivity index (χ4v) is 3.08. The number of amides is 1. The molecule has 0 unspecified atom stereocenters. The predicted molar refractivity (Wildman–Crippen MR) is 76.3 cm³/mol. The highest BCUT2D eigenvalue weighted by molar-refractivity contribution is 7.09. The number of nitrogens with zero attached hydrogens (tertiary/aromatic N) is 1. The molecule has 6 heteroatoms. The van der Waals surface area contributed by atoms with Gasteiger partial charge < -0.3 is 10.4 Å². The van der Waals surface area contributed by atoms with E-state index in [4.69, 9.17) is 0 Å². The molecular weight excluding hydrogens is 276 g/mol. The summed E-state index contributed by atoms with van der Waals surface area (Å²) in [6.45, 7) is 3.75. The lowest BCUT2D eigenvalue weighted by molar-refractivity contribution is -0.147. The largest absolute Gasteiger partial charge is 0.481 e. The van der Waals surface area contributed by atoms with E-state index in [0.717, 1.165) is 5.01 Å². The fourth-order valence-electron chi connectivity index (χ4n) is 2.36. The Bertz CT molecular complexity index is 523. The molecule has 0 bridgehead atoms. The van der Waals surface area contributed by atoms with Crippen LogP contribution in [0.1, 0.15) is 31.7 Å². The quantitative estimate of drug-likeness (QED) is 0.834. The zero-order valence-electron chi connectivity index (χ0n) is 11.5. The van der Waals surface area contributed by atoms with Crippen molar-refractivity contribution in [1.82, 2.24) is 10.3 Å². The average molecular weight is 294 g/mol. The van der Waals surface area contributed by atoms with Gasteiger partial charge in [-0.3, -0.25) is 9.59 Å². The Morgan fingerprint density at radius 3 is 2.55 bits per heavy atom. The third kappa shape index (κ3) is 3.07. The fraction of sp³-hybridized carbons (Fsp3) is 0.500. The van der Waals surface area contributed by atoms with Gasteiger partial charge in [0.15, 0.2) is 0 Å². The van der Waals surface area contributed by atoms with E-state index in [1.165, 1.54) is 11.3 Å². The molecule has 2 atom stereocenters. The molecule has 1 amide bonds. The van der Waals surface area contributed by atoms with Crippen LogP contribution in [0.4, 0.5) is 0 Å². The summed E-state index contributed by atoms with van der Waals surface area (Å²) in [5.74, 6) is -2.30. The van der Waals surface area contributed by atoms with Crippen LogP contribution in [0.5, 0.6) is 0 Å². The van der Waals surface area contributed by atoms with Crippen LogP contribution < -0.4 is 5.32 Å². The van der Waals surface area contributed by atoms with Gasteiger partial charge in [0.2, 0.25) is 5.91 Å². The number of rotatable bonds is 4. The number of carbonyl (C=O) groups excluding carboxylic acids is 1. The number of allylic oxidation sites excluding steroid dienone is 2. The molecule has 0 saturated carbocycles. The minimum atomic E-state index is -0.915. The first kappa shape index (κ1) is 14.7. The smallest absolute Gasteiger partial charge is 0.307 e. The molecule has 0 radical (unpaired) electrons. The Kier molecular flexibility index (Phi) is 4.23. The molecule has 1 aliphatic carbocycles. The third-order valence-corrected chi connectivity index (χ3v) is 4.59. The molecule has 0 aromatic carbocycles. The van der Waals surface area contributed by atoms with E-state index >= 15 is 0 Å². The molecular formula is C14H18N2O3S. The van der Waals surface area contributed by atoms with Gasteiger partial charge in [-0.1, -0.05) is 12.2 Å². The van der Waals surface area contributed by atoms with E-state index in [9.17, 15) is 14.7 Å². The Balaban J connectivity index is 2.11. The SMILES string of the molecule is CC(C)(NC(=O)[C@@H]1CC=CC[C@@H]1C(=O)O)c1nccs1. The summed E-state index contributed by atoms with van der Waals surface area (Å²) in [7, 11) is 0. The van der Waals surface area contributed by atoms with Gasteiger partial charge in [-0.2, -0.15) is 0 Å². The molecule has 1 aromatic rings. The second kappa shape index (κ2) is 5.75. The molecule has 0 saturated heterocycles. The van der Waals surface area contributed by atoms with E-state index in [1.807, 2.05) is 31.4 Å². The number of carbonyl (C=O) groups is 2. The van der Waals surface area contributed by atoms with Crippen LogP contribution in [-0.2, 0) is 15.1 Å². The van der Waals surface area contributed by atoms with Crippen LogP contribution in [0, 0.1) is 11.8 Å². The Hall–Kier alpha value is -1.69. The first-order chi connectivity index (χ1) is 9.42. The Labute approximate surface area is 121 Å². The summed E-state index contributed by atoms with van der Waals surface area (Å²) >= 11 is 1.47. The number of hydrogen-bond acceptors (Lipinski definition) is 4. The summed E-state index contributed by atoms with van der Waals surface area (Å²) in [6.07, 6.45) is 6.27. The van der Waals surface area contributed by atoms with Crippen LogP contribution in [0.2, 0.25) is 0 Å². The second-order valence-electron chi connectivity index (χ2n) is 5.45. The number of carboxylic acids is 1. The molecule has 20 heavy (non-hydrogen) atoms. The summed E-state index contributed by atoms with van der Waals surface area (Å²) in [5.41, 5.74) is -0.588. The molecule has 2 rings (SSSR count). The summed E-state index contributed by atoms with van der Waals surface area (Å²) < 4.78 is 0. The van der Waals surface area contributed by atoms with Crippen LogP contribution in [0.3, 0.4) is 0 Å². The van der Waals surface area contributed by atoms with E-state index in [1.54, 1.807) is 6.20 Å². The second-order valence-corrected chi connectivity index (χ2v) is 6.34. The van der Waals surface area contributed by atoms with Crippen LogP contribution in [0.15, 0.2) is 23.7 Å². The molecule has 0 fully saturated rings. The topological polar surface area (TPSA) is 79.3 Å². The lowest BCUT2D eigenvalue weighted by Gasteiger charge is -2.30.